The lowest BCUT2D eigenvalue weighted by atomic mass is 10.1. The van der Waals surface area contributed by atoms with Crippen molar-refractivity contribution < 1.29 is 14.6 Å². The molecule has 0 aromatic heterocycles. The Hall–Kier alpha value is -0.610. The summed E-state index contributed by atoms with van der Waals surface area (Å²) >= 11 is 0. The summed E-state index contributed by atoms with van der Waals surface area (Å²) in [6, 6.07) is -0.186. The molecular formula is C11H23NO3. The molecule has 2 N–H and O–H groups in total. The maximum Gasteiger partial charge on any atom is 0.323 e. The van der Waals surface area contributed by atoms with Crippen LogP contribution in [0.5, 0.6) is 0 Å². The van der Waals surface area contributed by atoms with Crippen molar-refractivity contribution in [1.82, 2.24) is 5.32 Å². The highest BCUT2D eigenvalue weighted by Crippen LogP contribution is 2.00. The number of nitrogens with one attached hydrogen (secondary N) is 1. The molecule has 15 heavy (non-hydrogen) atoms. The lowest BCUT2D eigenvalue weighted by molar-refractivity contribution is -0.145. The molecule has 0 aliphatic heterocycles. The van der Waals surface area contributed by atoms with E-state index in [4.69, 9.17) is 9.84 Å². The van der Waals surface area contributed by atoms with Crippen LogP contribution in [0.25, 0.3) is 0 Å². The first-order chi connectivity index (χ1) is 7.26. The molecule has 0 radical (unpaired) electrons. The molecule has 0 fully saturated rings. The fourth-order valence-corrected chi connectivity index (χ4v) is 1.35. The van der Waals surface area contributed by atoms with Gasteiger partial charge >= 0.3 is 5.97 Å². The van der Waals surface area contributed by atoms with Gasteiger partial charge in [0.2, 0.25) is 0 Å². The Morgan fingerprint density at radius 2 is 2.13 bits per heavy atom. The standard InChI is InChI=1S/C11H23NO3/c1-3-7-10(11(14)15-4-2)12-8-5-6-9-13/h10,12-13H,3-9H2,1-2H3. The van der Waals surface area contributed by atoms with E-state index < -0.39 is 0 Å². The van der Waals surface area contributed by atoms with E-state index in [1.807, 2.05) is 13.8 Å². The number of esters is 1. The first kappa shape index (κ1) is 14.4. The van der Waals surface area contributed by atoms with Gasteiger partial charge in [-0.25, -0.2) is 0 Å². The van der Waals surface area contributed by atoms with Crippen LogP contribution in [0.4, 0.5) is 0 Å². The summed E-state index contributed by atoms with van der Waals surface area (Å²) in [7, 11) is 0. The lowest BCUT2D eigenvalue weighted by Gasteiger charge is -2.16. The average Bonchev–Trinajstić information content (AvgIpc) is 2.23. The molecule has 0 aliphatic rings. The van der Waals surface area contributed by atoms with Crippen LogP contribution in [0.15, 0.2) is 0 Å². The van der Waals surface area contributed by atoms with Gasteiger partial charge in [0.25, 0.3) is 0 Å². The van der Waals surface area contributed by atoms with Gasteiger partial charge in [-0.05, 0) is 32.7 Å². The molecule has 4 heteroatoms. The summed E-state index contributed by atoms with van der Waals surface area (Å²) < 4.78 is 4.96. The van der Waals surface area contributed by atoms with E-state index in [-0.39, 0.29) is 18.6 Å². The Morgan fingerprint density at radius 3 is 2.67 bits per heavy atom. The van der Waals surface area contributed by atoms with Crippen LogP contribution in [0.1, 0.15) is 39.5 Å². The third-order valence-electron chi connectivity index (χ3n) is 2.12. The Balaban J connectivity index is 3.76. The van der Waals surface area contributed by atoms with E-state index in [1.165, 1.54) is 0 Å². The first-order valence-corrected chi connectivity index (χ1v) is 5.77. The second-order valence-electron chi connectivity index (χ2n) is 3.48. The highest BCUT2D eigenvalue weighted by atomic mass is 16.5. The molecule has 0 aromatic carbocycles. The molecule has 0 aromatic rings. The van der Waals surface area contributed by atoms with Gasteiger partial charge in [0.05, 0.1) is 6.61 Å². The predicted octanol–water partition coefficient (Wildman–Crippen LogP) is 1.08. The molecule has 0 spiro atoms. The summed E-state index contributed by atoms with van der Waals surface area (Å²) in [5.41, 5.74) is 0. The summed E-state index contributed by atoms with van der Waals surface area (Å²) in [6.45, 7) is 5.25. The molecule has 0 rings (SSSR count). The molecule has 0 saturated heterocycles. The van der Waals surface area contributed by atoms with E-state index in [9.17, 15) is 4.79 Å². The van der Waals surface area contributed by atoms with E-state index in [1.54, 1.807) is 0 Å². The zero-order valence-corrected chi connectivity index (χ0v) is 9.79. The van der Waals surface area contributed by atoms with Gasteiger partial charge in [-0.1, -0.05) is 13.3 Å². The van der Waals surface area contributed by atoms with Crippen LogP contribution in [0.3, 0.4) is 0 Å². The number of ether oxygens (including phenoxy) is 1. The molecular weight excluding hydrogens is 194 g/mol. The van der Waals surface area contributed by atoms with Crippen LogP contribution >= 0.6 is 0 Å². The second kappa shape index (κ2) is 9.93. The van der Waals surface area contributed by atoms with Gasteiger partial charge in [0.15, 0.2) is 0 Å². The first-order valence-electron chi connectivity index (χ1n) is 5.77. The lowest BCUT2D eigenvalue weighted by Crippen LogP contribution is -2.38. The van der Waals surface area contributed by atoms with Crippen molar-refractivity contribution in [1.29, 1.82) is 0 Å². The van der Waals surface area contributed by atoms with Crippen molar-refractivity contribution >= 4 is 5.97 Å². The maximum atomic E-state index is 11.5. The number of carbonyl (C=O) groups is 1. The van der Waals surface area contributed by atoms with Crippen molar-refractivity contribution in [2.75, 3.05) is 19.8 Å². The van der Waals surface area contributed by atoms with Crippen molar-refractivity contribution in [2.45, 2.75) is 45.6 Å². The van der Waals surface area contributed by atoms with Crippen LogP contribution in [0, 0.1) is 0 Å². The van der Waals surface area contributed by atoms with Crippen LogP contribution in [-0.4, -0.2) is 36.9 Å². The third-order valence-corrected chi connectivity index (χ3v) is 2.12. The maximum absolute atomic E-state index is 11.5. The number of hydrogen-bond donors (Lipinski definition) is 2. The Kier molecular flexibility index (Phi) is 9.52. The fraction of sp³-hybridized carbons (Fsp3) is 0.909. The normalized spacial score (nSPS) is 12.5. The fourth-order valence-electron chi connectivity index (χ4n) is 1.35. The number of carbonyl (C=O) groups excluding carboxylic acids is 1. The van der Waals surface area contributed by atoms with E-state index >= 15 is 0 Å². The minimum atomic E-state index is -0.186. The number of rotatable bonds is 9. The predicted molar refractivity (Wildman–Crippen MR) is 59.7 cm³/mol. The molecule has 0 bridgehead atoms. The Labute approximate surface area is 92.0 Å². The summed E-state index contributed by atoms with van der Waals surface area (Å²) in [4.78, 5) is 11.5. The summed E-state index contributed by atoms with van der Waals surface area (Å²) in [5, 5.41) is 11.8. The van der Waals surface area contributed by atoms with E-state index in [0.29, 0.717) is 6.61 Å². The zero-order valence-electron chi connectivity index (χ0n) is 9.79. The Morgan fingerprint density at radius 1 is 1.40 bits per heavy atom. The van der Waals surface area contributed by atoms with Gasteiger partial charge in [-0.3, -0.25) is 4.79 Å². The number of unbranched alkanes of at least 4 members (excludes halogenated alkanes) is 1. The van der Waals surface area contributed by atoms with Crippen LogP contribution < -0.4 is 5.32 Å². The van der Waals surface area contributed by atoms with Gasteiger partial charge < -0.3 is 15.2 Å². The van der Waals surface area contributed by atoms with Gasteiger partial charge in [-0.15, -0.1) is 0 Å². The highest BCUT2D eigenvalue weighted by molar-refractivity contribution is 5.75. The zero-order chi connectivity index (χ0) is 11.5. The monoisotopic (exact) mass is 217 g/mol. The smallest absolute Gasteiger partial charge is 0.323 e. The largest absolute Gasteiger partial charge is 0.465 e. The van der Waals surface area contributed by atoms with Gasteiger partial charge in [-0.2, -0.15) is 0 Å². The Bertz CT molecular complexity index is 162. The summed E-state index contributed by atoms with van der Waals surface area (Å²) in [6.07, 6.45) is 3.42. The molecule has 1 unspecified atom stereocenters. The molecule has 4 nitrogen and oxygen atoms in total. The quantitative estimate of drug-likeness (QED) is 0.448. The second-order valence-corrected chi connectivity index (χ2v) is 3.48. The number of hydrogen-bond acceptors (Lipinski definition) is 4. The average molecular weight is 217 g/mol. The molecule has 1 atom stereocenters. The molecule has 0 aliphatic carbocycles. The van der Waals surface area contributed by atoms with Crippen molar-refractivity contribution in [3.63, 3.8) is 0 Å². The van der Waals surface area contributed by atoms with Crippen LogP contribution in [-0.2, 0) is 9.53 Å². The SMILES string of the molecule is CCCC(NCCCCO)C(=O)OCC. The minimum Gasteiger partial charge on any atom is -0.465 e. The molecule has 0 heterocycles. The van der Waals surface area contributed by atoms with E-state index in [0.717, 1.165) is 32.2 Å². The van der Waals surface area contributed by atoms with Crippen molar-refractivity contribution in [3.8, 4) is 0 Å². The van der Waals surface area contributed by atoms with Crippen molar-refractivity contribution in [3.05, 3.63) is 0 Å². The van der Waals surface area contributed by atoms with Gasteiger partial charge in [0.1, 0.15) is 6.04 Å². The molecule has 90 valence electrons. The minimum absolute atomic E-state index is 0.164. The van der Waals surface area contributed by atoms with E-state index in [2.05, 4.69) is 5.32 Å². The molecule has 0 amide bonds. The number of aliphatic hydroxyl groups excluding tert-OH is 1. The van der Waals surface area contributed by atoms with Gasteiger partial charge in [0, 0.05) is 6.61 Å². The highest BCUT2D eigenvalue weighted by Gasteiger charge is 2.17. The summed E-state index contributed by atoms with van der Waals surface area (Å²) in [5.74, 6) is -0.164. The topological polar surface area (TPSA) is 58.6 Å². The van der Waals surface area contributed by atoms with Crippen molar-refractivity contribution in [2.24, 2.45) is 0 Å². The third kappa shape index (κ3) is 7.33. The molecule has 0 saturated carbocycles. The number of aliphatic hydroxyl groups is 1. The van der Waals surface area contributed by atoms with Crippen LogP contribution in [0.2, 0.25) is 0 Å².